The quantitative estimate of drug-likeness (QED) is 0.868. The number of rotatable bonds is 3. The minimum Gasteiger partial charge on any atom is -0.350 e. The number of amides is 2. The van der Waals surface area contributed by atoms with E-state index in [9.17, 15) is 27.2 Å². The fourth-order valence-corrected chi connectivity index (χ4v) is 2.38. The number of carbonyl (C=O) groups is 2. The summed E-state index contributed by atoms with van der Waals surface area (Å²) in [6.45, 7) is -0.382. The molecule has 0 unspecified atom stereocenters. The zero-order chi connectivity index (χ0) is 16.5. The van der Waals surface area contributed by atoms with Crippen molar-refractivity contribution in [2.75, 3.05) is 7.05 Å². The third-order valence-electron chi connectivity index (χ3n) is 3.63. The number of nitrogens with zero attached hydrogens (tertiary/aromatic N) is 1. The molecule has 4 nitrogen and oxygen atoms in total. The van der Waals surface area contributed by atoms with Gasteiger partial charge in [-0.05, 0) is 24.1 Å². The summed E-state index contributed by atoms with van der Waals surface area (Å²) < 4.78 is 51.5. The van der Waals surface area contributed by atoms with Crippen molar-refractivity contribution in [2.24, 2.45) is 0 Å². The molecule has 1 fully saturated rings. The standard InChI is InChI=1S/C14H14F4N2O2/c1-20-11(4-5-12(20)21)13(22)19-7-8-2-3-9(15)6-10(8)14(16,17)18/h2-3,6,11H,4-5,7H2,1H3,(H,19,22)/t11-/m0/s1. The van der Waals surface area contributed by atoms with Gasteiger partial charge < -0.3 is 10.2 Å². The third-order valence-corrected chi connectivity index (χ3v) is 3.63. The van der Waals surface area contributed by atoms with Gasteiger partial charge in [0.2, 0.25) is 11.8 Å². The highest BCUT2D eigenvalue weighted by atomic mass is 19.4. The first kappa shape index (κ1) is 16.3. The van der Waals surface area contributed by atoms with Crippen molar-refractivity contribution in [3.8, 4) is 0 Å². The predicted octanol–water partition coefficient (Wildman–Crippen LogP) is 2.08. The van der Waals surface area contributed by atoms with Gasteiger partial charge in [0, 0.05) is 20.0 Å². The molecule has 1 saturated heterocycles. The monoisotopic (exact) mass is 318 g/mol. The molecule has 0 radical (unpaired) electrons. The van der Waals surface area contributed by atoms with Gasteiger partial charge in [-0.25, -0.2) is 4.39 Å². The van der Waals surface area contributed by atoms with Crippen LogP contribution in [0.15, 0.2) is 18.2 Å². The number of halogens is 4. The van der Waals surface area contributed by atoms with Crippen molar-refractivity contribution in [1.29, 1.82) is 0 Å². The number of benzene rings is 1. The van der Waals surface area contributed by atoms with E-state index in [1.54, 1.807) is 0 Å². The molecule has 2 amide bonds. The minimum absolute atomic E-state index is 0.182. The fourth-order valence-electron chi connectivity index (χ4n) is 2.38. The van der Waals surface area contributed by atoms with Gasteiger partial charge in [-0.3, -0.25) is 9.59 Å². The van der Waals surface area contributed by atoms with Crippen molar-refractivity contribution in [3.63, 3.8) is 0 Å². The van der Waals surface area contributed by atoms with Crippen LogP contribution < -0.4 is 5.32 Å². The Morgan fingerprint density at radius 3 is 2.64 bits per heavy atom. The van der Waals surface area contributed by atoms with Crippen LogP contribution in [0, 0.1) is 5.82 Å². The van der Waals surface area contributed by atoms with E-state index in [4.69, 9.17) is 0 Å². The number of nitrogens with one attached hydrogen (secondary N) is 1. The highest BCUT2D eigenvalue weighted by molar-refractivity contribution is 5.90. The van der Waals surface area contributed by atoms with Gasteiger partial charge in [0.1, 0.15) is 11.9 Å². The SMILES string of the molecule is CN1C(=O)CC[C@H]1C(=O)NCc1ccc(F)cc1C(F)(F)F. The maximum absolute atomic E-state index is 13.0. The molecule has 0 bridgehead atoms. The summed E-state index contributed by atoms with van der Waals surface area (Å²) in [7, 11) is 1.47. The number of hydrogen-bond acceptors (Lipinski definition) is 2. The Labute approximate surface area is 124 Å². The first-order valence-corrected chi connectivity index (χ1v) is 6.59. The minimum atomic E-state index is -4.71. The van der Waals surface area contributed by atoms with Gasteiger partial charge in [0.05, 0.1) is 5.56 Å². The molecule has 22 heavy (non-hydrogen) atoms. The number of alkyl halides is 3. The molecule has 8 heteroatoms. The maximum Gasteiger partial charge on any atom is 0.416 e. The average Bonchev–Trinajstić information content (AvgIpc) is 2.76. The maximum atomic E-state index is 13.0. The van der Waals surface area contributed by atoms with Gasteiger partial charge in [0.25, 0.3) is 0 Å². The van der Waals surface area contributed by atoms with E-state index >= 15 is 0 Å². The largest absolute Gasteiger partial charge is 0.416 e. The van der Waals surface area contributed by atoms with Crippen LogP contribution in [0.3, 0.4) is 0 Å². The molecule has 1 N–H and O–H groups in total. The fraction of sp³-hybridized carbons (Fsp3) is 0.429. The molecule has 1 aromatic carbocycles. The van der Waals surface area contributed by atoms with E-state index in [0.717, 1.165) is 12.1 Å². The highest BCUT2D eigenvalue weighted by Gasteiger charge is 2.35. The Kier molecular flexibility index (Phi) is 4.39. The lowest BCUT2D eigenvalue weighted by molar-refractivity contribution is -0.138. The second-order valence-corrected chi connectivity index (χ2v) is 5.08. The van der Waals surface area contributed by atoms with Gasteiger partial charge in [0.15, 0.2) is 0 Å². The van der Waals surface area contributed by atoms with Gasteiger partial charge in [-0.15, -0.1) is 0 Å². The van der Waals surface area contributed by atoms with Crippen molar-refractivity contribution in [2.45, 2.75) is 31.6 Å². The molecule has 1 atom stereocenters. The van der Waals surface area contributed by atoms with Crippen LogP contribution in [-0.4, -0.2) is 29.8 Å². The van der Waals surface area contributed by atoms with Crippen LogP contribution in [0.1, 0.15) is 24.0 Å². The molecule has 0 aromatic heterocycles. The smallest absolute Gasteiger partial charge is 0.350 e. The molecule has 120 valence electrons. The zero-order valence-corrected chi connectivity index (χ0v) is 11.7. The molecule has 1 aromatic rings. The summed E-state index contributed by atoms with van der Waals surface area (Å²) in [4.78, 5) is 24.6. The van der Waals surface area contributed by atoms with Gasteiger partial charge in [-0.2, -0.15) is 13.2 Å². The Hall–Kier alpha value is -2.12. The number of hydrogen-bond donors (Lipinski definition) is 1. The van der Waals surface area contributed by atoms with E-state index in [2.05, 4.69) is 5.32 Å². The van der Waals surface area contributed by atoms with Crippen LogP contribution in [-0.2, 0) is 22.3 Å². The number of likely N-dealkylation sites (tertiary alicyclic amines) is 1. The first-order chi connectivity index (χ1) is 10.2. The zero-order valence-electron chi connectivity index (χ0n) is 11.7. The van der Waals surface area contributed by atoms with Crippen LogP contribution in [0.4, 0.5) is 17.6 Å². The summed E-state index contributed by atoms with van der Waals surface area (Å²) in [5, 5.41) is 2.37. The van der Waals surface area contributed by atoms with Crippen LogP contribution >= 0.6 is 0 Å². The Bertz CT molecular complexity index is 601. The molecular weight excluding hydrogens is 304 g/mol. The van der Waals surface area contributed by atoms with E-state index in [1.165, 1.54) is 11.9 Å². The van der Waals surface area contributed by atoms with E-state index in [1.807, 2.05) is 0 Å². The molecule has 0 aliphatic carbocycles. The molecule has 1 aliphatic rings. The van der Waals surface area contributed by atoms with Crippen molar-refractivity contribution in [3.05, 3.63) is 35.1 Å². The Morgan fingerprint density at radius 1 is 1.41 bits per heavy atom. The summed E-state index contributed by atoms with van der Waals surface area (Å²) in [6, 6.07) is 1.61. The molecule has 1 aliphatic heterocycles. The normalized spacial score (nSPS) is 18.7. The molecular formula is C14H14F4N2O2. The average molecular weight is 318 g/mol. The third kappa shape index (κ3) is 3.37. The number of carbonyl (C=O) groups excluding carboxylic acids is 2. The van der Waals surface area contributed by atoms with Crippen molar-refractivity contribution in [1.82, 2.24) is 10.2 Å². The van der Waals surface area contributed by atoms with Crippen LogP contribution in [0.2, 0.25) is 0 Å². The summed E-state index contributed by atoms with van der Waals surface area (Å²) in [5.41, 5.74) is -1.35. The summed E-state index contributed by atoms with van der Waals surface area (Å²) in [5.74, 6) is -1.70. The topological polar surface area (TPSA) is 49.4 Å². The summed E-state index contributed by atoms with van der Waals surface area (Å²) >= 11 is 0. The second kappa shape index (κ2) is 5.94. The lowest BCUT2D eigenvalue weighted by Gasteiger charge is -2.20. The van der Waals surface area contributed by atoms with Gasteiger partial charge in [-0.1, -0.05) is 6.07 Å². The lowest BCUT2D eigenvalue weighted by Crippen LogP contribution is -2.42. The van der Waals surface area contributed by atoms with Crippen molar-refractivity contribution >= 4 is 11.8 Å². The Balaban J connectivity index is 2.09. The Morgan fingerprint density at radius 2 is 2.09 bits per heavy atom. The van der Waals surface area contributed by atoms with Gasteiger partial charge >= 0.3 is 6.18 Å². The first-order valence-electron chi connectivity index (χ1n) is 6.59. The second-order valence-electron chi connectivity index (χ2n) is 5.08. The highest BCUT2D eigenvalue weighted by Crippen LogP contribution is 2.32. The van der Waals surface area contributed by atoms with Crippen LogP contribution in [0.25, 0.3) is 0 Å². The van der Waals surface area contributed by atoms with E-state index < -0.39 is 29.5 Å². The molecule has 0 spiro atoms. The number of likely N-dealkylation sites (N-methyl/N-ethyl adjacent to an activating group) is 1. The predicted molar refractivity (Wildman–Crippen MR) is 69.0 cm³/mol. The molecule has 0 saturated carbocycles. The molecule has 1 heterocycles. The lowest BCUT2D eigenvalue weighted by atomic mass is 10.1. The van der Waals surface area contributed by atoms with E-state index in [0.29, 0.717) is 12.5 Å². The summed E-state index contributed by atoms with van der Waals surface area (Å²) in [6.07, 6.45) is -4.14. The van der Waals surface area contributed by atoms with Crippen molar-refractivity contribution < 1.29 is 27.2 Å². The van der Waals surface area contributed by atoms with E-state index in [-0.39, 0.29) is 24.4 Å². The van der Waals surface area contributed by atoms with Crippen LogP contribution in [0.5, 0.6) is 0 Å². The molecule has 2 rings (SSSR count).